The van der Waals surface area contributed by atoms with Crippen LogP contribution >= 0.6 is 0 Å². The van der Waals surface area contributed by atoms with Crippen molar-refractivity contribution < 1.29 is 14.3 Å². The van der Waals surface area contributed by atoms with Crippen molar-refractivity contribution in [3.05, 3.63) is 71.3 Å². The predicted octanol–water partition coefficient (Wildman–Crippen LogP) is 2.25. The number of carbonyl (C=O) groups is 2. The Kier molecular flexibility index (Phi) is 2.38. The van der Waals surface area contributed by atoms with Crippen LogP contribution in [0.4, 0.5) is 0 Å². The number of ketones is 2. The van der Waals surface area contributed by atoms with E-state index in [1.807, 2.05) is 30.3 Å². The highest BCUT2D eigenvalue weighted by Crippen LogP contribution is 2.45. The van der Waals surface area contributed by atoms with Crippen molar-refractivity contribution in [1.29, 1.82) is 0 Å². The number of hydrogen-bond donors (Lipinski definition) is 0. The van der Waals surface area contributed by atoms with Crippen molar-refractivity contribution in [2.24, 2.45) is 0 Å². The van der Waals surface area contributed by atoms with E-state index in [-0.39, 0.29) is 11.6 Å². The van der Waals surface area contributed by atoms with Gasteiger partial charge in [-0.1, -0.05) is 54.3 Å². The number of hydrogen-bond acceptors (Lipinski definition) is 3. The summed E-state index contributed by atoms with van der Waals surface area (Å²) in [6, 6.07) is 16.1. The molecule has 0 amide bonds. The number of benzene rings is 2. The molecule has 0 aromatic heterocycles. The van der Waals surface area contributed by atoms with Crippen LogP contribution in [-0.2, 0) is 4.74 Å². The van der Waals surface area contributed by atoms with Gasteiger partial charge in [0, 0.05) is 16.7 Å². The summed E-state index contributed by atoms with van der Waals surface area (Å²) < 4.78 is 5.42. The summed E-state index contributed by atoms with van der Waals surface area (Å²) in [5.41, 5.74) is 0.349. The summed E-state index contributed by atoms with van der Waals surface area (Å²) in [7, 11) is 0. The highest BCUT2D eigenvalue weighted by atomic mass is 16.6. The topological polar surface area (TPSA) is 46.7 Å². The van der Waals surface area contributed by atoms with Crippen LogP contribution < -0.4 is 0 Å². The molecule has 2 aromatic carbocycles. The largest absolute Gasteiger partial charge is 0.336 e. The smallest absolute Gasteiger partial charge is 0.226 e. The van der Waals surface area contributed by atoms with Crippen LogP contribution in [0.25, 0.3) is 0 Å². The second kappa shape index (κ2) is 4.15. The van der Waals surface area contributed by atoms with Crippen molar-refractivity contribution in [2.45, 2.75) is 11.7 Å². The van der Waals surface area contributed by atoms with Gasteiger partial charge >= 0.3 is 0 Å². The molecule has 4 rings (SSSR count). The zero-order chi connectivity index (χ0) is 14.4. The molecule has 1 heterocycles. The molecule has 2 atom stereocenters. The molecule has 0 bridgehead atoms. The van der Waals surface area contributed by atoms with Crippen LogP contribution in [0, 0.1) is 11.8 Å². The molecule has 1 fully saturated rings. The standard InChI is InChI=1S/C18H10O3/c19-15-13-8-4-5-9-14(13)16(20)18(17(15)21-18)11-10-12-6-2-1-3-7-12/h1-9,17H/t17-,18+/m0/s1. The fourth-order valence-corrected chi connectivity index (χ4v) is 2.64. The minimum atomic E-state index is -1.28. The summed E-state index contributed by atoms with van der Waals surface area (Å²) in [6.45, 7) is 0. The van der Waals surface area contributed by atoms with E-state index < -0.39 is 11.7 Å². The third-order valence-electron chi connectivity index (χ3n) is 3.79. The Labute approximate surface area is 121 Å². The molecule has 0 N–H and O–H groups in total. The lowest BCUT2D eigenvalue weighted by Gasteiger charge is -2.13. The first-order valence-electron chi connectivity index (χ1n) is 6.66. The van der Waals surface area contributed by atoms with Gasteiger partial charge < -0.3 is 4.74 Å². The Balaban J connectivity index is 1.78. The minimum absolute atomic E-state index is 0.160. The second-order valence-electron chi connectivity index (χ2n) is 5.09. The summed E-state index contributed by atoms with van der Waals surface area (Å²) in [4.78, 5) is 24.8. The summed E-state index contributed by atoms with van der Waals surface area (Å²) in [5.74, 6) is 5.42. The van der Waals surface area contributed by atoms with E-state index in [0.29, 0.717) is 11.1 Å². The molecular weight excluding hydrogens is 264 g/mol. The number of ether oxygens (including phenoxy) is 1. The van der Waals surface area contributed by atoms with Gasteiger partial charge in [-0.15, -0.1) is 0 Å². The van der Waals surface area contributed by atoms with Crippen LogP contribution in [0.5, 0.6) is 0 Å². The molecule has 1 saturated heterocycles. The Morgan fingerprint density at radius 1 is 0.905 bits per heavy atom. The van der Waals surface area contributed by atoms with Gasteiger partial charge in [0.25, 0.3) is 0 Å². The lowest BCUT2D eigenvalue weighted by molar-refractivity contribution is 0.0897. The number of rotatable bonds is 0. The lowest BCUT2D eigenvalue weighted by Crippen LogP contribution is -2.35. The molecule has 3 nitrogen and oxygen atoms in total. The van der Waals surface area contributed by atoms with Crippen molar-refractivity contribution in [3.63, 3.8) is 0 Å². The maximum atomic E-state index is 12.6. The zero-order valence-electron chi connectivity index (χ0n) is 11.0. The predicted molar refractivity (Wildman–Crippen MR) is 76.0 cm³/mol. The molecule has 1 aliphatic heterocycles. The van der Waals surface area contributed by atoms with Gasteiger partial charge in [0.15, 0.2) is 11.9 Å². The van der Waals surface area contributed by atoms with E-state index in [1.165, 1.54) is 0 Å². The summed E-state index contributed by atoms with van der Waals surface area (Å²) in [6.07, 6.45) is -0.754. The number of fused-ring (bicyclic) bond motifs is 2. The van der Waals surface area contributed by atoms with Gasteiger partial charge in [-0.05, 0) is 12.1 Å². The number of carbonyl (C=O) groups excluding carboxylic acids is 2. The van der Waals surface area contributed by atoms with E-state index in [2.05, 4.69) is 11.8 Å². The molecule has 0 radical (unpaired) electrons. The fourth-order valence-electron chi connectivity index (χ4n) is 2.64. The Morgan fingerprint density at radius 3 is 2.33 bits per heavy atom. The maximum absolute atomic E-state index is 12.6. The molecule has 2 aromatic rings. The first kappa shape index (κ1) is 12.1. The van der Waals surface area contributed by atoms with E-state index in [9.17, 15) is 9.59 Å². The molecular formula is C18H10O3. The van der Waals surface area contributed by atoms with Crippen molar-refractivity contribution in [1.82, 2.24) is 0 Å². The van der Waals surface area contributed by atoms with Crippen molar-refractivity contribution in [2.75, 3.05) is 0 Å². The van der Waals surface area contributed by atoms with Gasteiger partial charge in [0.05, 0.1) is 0 Å². The first-order chi connectivity index (χ1) is 10.2. The highest BCUT2D eigenvalue weighted by Gasteiger charge is 2.68. The van der Waals surface area contributed by atoms with Crippen LogP contribution in [0.2, 0.25) is 0 Å². The van der Waals surface area contributed by atoms with Crippen molar-refractivity contribution >= 4 is 11.6 Å². The van der Waals surface area contributed by atoms with Crippen LogP contribution in [0.15, 0.2) is 54.6 Å². The molecule has 1 aliphatic carbocycles. The minimum Gasteiger partial charge on any atom is -0.336 e. The monoisotopic (exact) mass is 274 g/mol. The molecule has 2 aliphatic rings. The fraction of sp³-hybridized carbons (Fsp3) is 0.111. The van der Waals surface area contributed by atoms with Crippen molar-refractivity contribution in [3.8, 4) is 11.8 Å². The molecule has 0 saturated carbocycles. The third kappa shape index (κ3) is 1.67. The normalized spacial score (nSPS) is 25.4. The number of epoxide rings is 1. The zero-order valence-corrected chi connectivity index (χ0v) is 11.0. The van der Waals surface area contributed by atoms with E-state index in [4.69, 9.17) is 4.74 Å². The quantitative estimate of drug-likeness (QED) is 0.547. The first-order valence-corrected chi connectivity index (χ1v) is 6.66. The van der Waals surface area contributed by atoms with Crippen LogP contribution in [0.3, 0.4) is 0 Å². The average molecular weight is 274 g/mol. The average Bonchev–Trinajstić information content (AvgIpc) is 3.28. The summed E-state index contributed by atoms with van der Waals surface area (Å²) >= 11 is 0. The summed E-state index contributed by atoms with van der Waals surface area (Å²) in [5, 5.41) is 0. The van der Waals surface area contributed by atoms with Gasteiger partial charge in [-0.25, -0.2) is 0 Å². The Hall–Kier alpha value is -2.70. The van der Waals surface area contributed by atoms with E-state index in [1.54, 1.807) is 24.3 Å². The Morgan fingerprint density at radius 2 is 1.57 bits per heavy atom. The van der Waals surface area contributed by atoms with E-state index in [0.717, 1.165) is 5.56 Å². The molecule has 100 valence electrons. The van der Waals surface area contributed by atoms with Gasteiger partial charge in [-0.2, -0.15) is 0 Å². The second-order valence-corrected chi connectivity index (χ2v) is 5.09. The Bertz CT molecular complexity index is 826. The van der Waals surface area contributed by atoms with Crippen LogP contribution in [-0.4, -0.2) is 23.3 Å². The molecule has 21 heavy (non-hydrogen) atoms. The molecule has 3 heteroatoms. The SMILES string of the molecule is O=C1c2ccccc2C(=O)[C@@]2(C#Cc3ccccc3)O[C@@H]12. The maximum Gasteiger partial charge on any atom is 0.226 e. The molecule has 0 unspecified atom stereocenters. The van der Waals surface area contributed by atoms with E-state index >= 15 is 0 Å². The van der Waals surface area contributed by atoms with Gasteiger partial charge in [0.2, 0.25) is 11.4 Å². The highest BCUT2D eigenvalue weighted by molar-refractivity contribution is 6.24. The van der Waals surface area contributed by atoms with Crippen LogP contribution in [0.1, 0.15) is 26.3 Å². The van der Waals surface area contributed by atoms with Gasteiger partial charge in [0.1, 0.15) is 0 Å². The lowest BCUT2D eigenvalue weighted by atomic mass is 9.82. The number of Topliss-reactive ketones (excluding diaryl/α,β-unsaturated/α-hetero) is 2. The third-order valence-corrected chi connectivity index (χ3v) is 3.79. The van der Waals surface area contributed by atoms with Gasteiger partial charge in [-0.3, -0.25) is 9.59 Å². The molecule has 0 spiro atoms.